The van der Waals surface area contributed by atoms with E-state index in [0.717, 1.165) is 25.2 Å². The molecule has 0 fully saturated rings. The molecular formula is C18H20N2O. The largest absolute Gasteiger partial charge is 0.390 e. The van der Waals surface area contributed by atoms with Gasteiger partial charge in [0.15, 0.2) is 0 Å². The summed E-state index contributed by atoms with van der Waals surface area (Å²) in [5, 5.41) is 7.68. The molecule has 2 aromatic rings. The molecule has 1 atom stereocenters. The molecule has 1 aliphatic heterocycles. The van der Waals surface area contributed by atoms with Crippen molar-refractivity contribution in [3.63, 3.8) is 0 Å². The van der Waals surface area contributed by atoms with Crippen molar-refractivity contribution in [2.24, 2.45) is 5.16 Å². The molecule has 3 rings (SSSR count). The highest BCUT2D eigenvalue weighted by Crippen LogP contribution is 2.18. The lowest BCUT2D eigenvalue weighted by Gasteiger charge is -2.10. The number of rotatable bonds is 5. The third-order valence-electron chi connectivity index (χ3n) is 3.73. The van der Waals surface area contributed by atoms with Crippen LogP contribution in [0.1, 0.15) is 23.1 Å². The van der Waals surface area contributed by atoms with E-state index >= 15 is 0 Å². The smallest absolute Gasteiger partial charge is 0.145 e. The SMILES string of the molecule is Cc1ccccc1C1=NO[C@@H](CNCc2ccccc2)C1. The summed E-state index contributed by atoms with van der Waals surface area (Å²) >= 11 is 0. The topological polar surface area (TPSA) is 33.6 Å². The Bertz CT molecular complexity index is 622. The van der Waals surface area contributed by atoms with Crippen LogP contribution in [0.2, 0.25) is 0 Å². The number of nitrogens with one attached hydrogen (secondary N) is 1. The maximum absolute atomic E-state index is 5.54. The van der Waals surface area contributed by atoms with E-state index in [4.69, 9.17) is 4.84 Å². The zero-order valence-electron chi connectivity index (χ0n) is 12.3. The fraction of sp³-hybridized carbons (Fsp3) is 0.278. The van der Waals surface area contributed by atoms with Gasteiger partial charge in [-0.15, -0.1) is 0 Å². The maximum atomic E-state index is 5.54. The normalized spacial score (nSPS) is 17.4. The Morgan fingerprint density at radius 2 is 1.86 bits per heavy atom. The molecule has 0 spiro atoms. The Morgan fingerprint density at radius 3 is 2.67 bits per heavy atom. The molecule has 0 aliphatic carbocycles. The quantitative estimate of drug-likeness (QED) is 0.912. The first-order chi connectivity index (χ1) is 10.3. The number of hydrogen-bond acceptors (Lipinski definition) is 3. The van der Waals surface area contributed by atoms with E-state index in [9.17, 15) is 0 Å². The van der Waals surface area contributed by atoms with Crippen molar-refractivity contribution in [1.29, 1.82) is 0 Å². The first-order valence-electron chi connectivity index (χ1n) is 7.36. The van der Waals surface area contributed by atoms with Crippen molar-refractivity contribution < 1.29 is 4.84 Å². The highest BCUT2D eigenvalue weighted by Gasteiger charge is 2.22. The lowest BCUT2D eigenvalue weighted by atomic mass is 10.0. The Hall–Kier alpha value is -2.13. The van der Waals surface area contributed by atoms with Crippen LogP contribution in [0.3, 0.4) is 0 Å². The molecule has 0 bridgehead atoms. The van der Waals surface area contributed by atoms with E-state index in [1.807, 2.05) is 18.2 Å². The van der Waals surface area contributed by atoms with Crippen LogP contribution in [-0.2, 0) is 11.4 Å². The molecule has 21 heavy (non-hydrogen) atoms. The molecule has 0 radical (unpaired) electrons. The van der Waals surface area contributed by atoms with Gasteiger partial charge in [-0.25, -0.2) is 0 Å². The maximum Gasteiger partial charge on any atom is 0.145 e. The minimum absolute atomic E-state index is 0.128. The number of hydrogen-bond donors (Lipinski definition) is 1. The van der Waals surface area contributed by atoms with Crippen molar-refractivity contribution in [3.05, 3.63) is 71.3 Å². The second kappa shape index (κ2) is 6.55. The third-order valence-corrected chi connectivity index (χ3v) is 3.73. The second-order valence-corrected chi connectivity index (χ2v) is 5.40. The number of nitrogens with zero attached hydrogens (tertiary/aromatic N) is 1. The van der Waals surface area contributed by atoms with Gasteiger partial charge in [-0.05, 0) is 18.1 Å². The van der Waals surface area contributed by atoms with Crippen LogP contribution in [0.25, 0.3) is 0 Å². The van der Waals surface area contributed by atoms with Gasteiger partial charge in [0.05, 0.1) is 5.71 Å². The van der Waals surface area contributed by atoms with Crippen molar-refractivity contribution in [2.45, 2.75) is 26.0 Å². The van der Waals surface area contributed by atoms with Crippen LogP contribution in [0, 0.1) is 6.92 Å². The van der Waals surface area contributed by atoms with E-state index in [1.165, 1.54) is 16.7 Å². The predicted octanol–water partition coefficient (Wildman–Crippen LogP) is 3.28. The Balaban J connectivity index is 1.49. The summed E-state index contributed by atoms with van der Waals surface area (Å²) in [7, 11) is 0. The van der Waals surface area contributed by atoms with Gasteiger partial charge in [0.25, 0.3) is 0 Å². The third kappa shape index (κ3) is 3.50. The summed E-state index contributed by atoms with van der Waals surface area (Å²) < 4.78 is 0. The minimum Gasteiger partial charge on any atom is -0.390 e. The highest BCUT2D eigenvalue weighted by molar-refractivity contribution is 6.02. The Morgan fingerprint density at radius 1 is 1.10 bits per heavy atom. The van der Waals surface area contributed by atoms with Crippen LogP contribution >= 0.6 is 0 Å². The molecule has 1 aliphatic rings. The van der Waals surface area contributed by atoms with Crippen molar-refractivity contribution >= 4 is 5.71 Å². The van der Waals surface area contributed by atoms with Crippen molar-refractivity contribution in [1.82, 2.24) is 5.32 Å². The molecule has 0 amide bonds. The zero-order chi connectivity index (χ0) is 14.5. The van der Waals surface area contributed by atoms with Gasteiger partial charge in [-0.3, -0.25) is 0 Å². The summed E-state index contributed by atoms with van der Waals surface area (Å²) in [5.74, 6) is 0. The zero-order valence-corrected chi connectivity index (χ0v) is 12.3. The molecule has 3 nitrogen and oxygen atoms in total. The molecule has 0 saturated carbocycles. The summed E-state index contributed by atoms with van der Waals surface area (Å²) in [6.45, 7) is 3.78. The number of aryl methyl sites for hydroxylation is 1. The van der Waals surface area contributed by atoms with E-state index in [1.54, 1.807) is 0 Å². The highest BCUT2D eigenvalue weighted by atomic mass is 16.6. The van der Waals surface area contributed by atoms with Crippen molar-refractivity contribution in [2.75, 3.05) is 6.54 Å². The fourth-order valence-electron chi connectivity index (χ4n) is 2.57. The Labute approximate surface area is 125 Å². The van der Waals surface area contributed by atoms with Crippen molar-refractivity contribution in [3.8, 4) is 0 Å². The van der Waals surface area contributed by atoms with Gasteiger partial charge in [0.1, 0.15) is 6.10 Å². The average molecular weight is 280 g/mol. The van der Waals surface area contributed by atoms with Gasteiger partial charge in [0, 0.05) is 25.1 Å². The minimum atomic E-state index is 0.128. The lowest BCUT2D eigenvalue weighted by molar-refractivity contribution is 0.0848. The number of oxime groups is 1. The van der Waals surface area contributed by atoms with Gasteiger partial charge in [-0.1, -0.05) is 59.8 Å². The molecule has 3 heteroatoms. The van der Waals surface area contributed by atoms with Crippen LogP contribution in [-0.4, -0.2) is 18.4 Å². The summed E-state index contributed by atoms with van der Waals surface area (Å²) in [6.07, 6.45) is 0.996. The van der Waals surface area contributed by atoms with Crippen LogP contribution < -0.4 is 5.32 Å². The van der Waals surface area contributed by atoms with E-state index in [-0.39, 0.29) is 6.10 Å². The average Bonchev–Trinajstić information content (AvgIpc) is 2.97. The van der Waals surface area contributed by atoms with Crippen LogP contribution in [0.4, 0.5) is 0 Å². The number of benzene rings is 2. The Kier molecular flexibility index (Phi) is 4.31. The molecule has 1 N–H and O–H groups in total. The molecule has 0 aromatic heterocycles. The monoisotopic (exact) mass is 280 g/mol. The van der Waals surface area contributed by atoms with E-state index in [0.29, 0.717) is 0 Å². The van der Waals surface area contributed by atoms with E-state index < -0.39 is 0 Å². The first kappa shape index (κ1) is 13.8. The van der Waals surface area contributed by atoms with Gasteiger partial charge >= 0.3 is 0 Å². The van der Waals surface area contributed by atoms with Crippen LogP contribution in [0.5, 0.6) is 0 Å². The second-order valence-electron chi connectivity index (χ2n) is 5.40. The molecule has 1 heterocycles. The van der Waals surface area contributed by atoms with E-state index in [2.05, 4.69) is 53.8 Å². The molecule has 0 unspecified atom stereocenters. The molecule has 108 valence electrons. The molecule has 2 aromatic carbocycles. The van der Waals surface area contributed by atoms with Gasteiger partial charge in [-0.2, -0.15) is 0 Å². The van der Waals surface area contributed by atoms with Gasteiger partial charge < -0.3 is 10.2 Å². The predicted molar refractivity (Wildman–Crippen MR) is 85.4 cm³/mol. The standard InChI is InChI=1S/C18H20N2O/c1-14-7-5-6-10-17(14)18-11-16(21-20-18)13-19-12-15-8-3-2-4-9-15/h2-10,16,19H,11-13H2,1H3/t16-/m1/s1. The molecule has 0 saturated heterocycles. The first-order valence-corrected chi connectivity index (χ1v) is 7.36. The van der Waals surface area contributed by atoms with Gasteiger partial charge in [0.2, 0.25) is 0 Å². The summed E-state index contributed by atoms with van der Waals surface area (Å²) in [4.78, 5) is 5.54. The molecular weight excluding hydrogens is 260 g/mol. The summed E-state index contributed by atoms with van der Waals surface area (Å²) in [6, 6.07) is 18.7. The summed E-state index contributed by atoms with van der Waals surface area (Å²) in [5.41, 5.74) is 4.79. The fourth-order valence-corrected chi connectivity index (χ4v) is 2.57. The van der Waals surface area contributed by atoms with Crippen LogP contribution in [0.15, 0.2) is 59.8 Å². The lowest BCUT2D eigenvalue weighted by Crippen LogP contribution is -2.26.